The van der Waals surface area contributed by atoms with Crippen molar-refractivity contribution in [1.29, 1.82) is 0 Å². The Morgan fingerprint density at radius 3 is 2.85 bits per heavy atom. The number of halogens is 1. The maximum Gasteiger partial charge on any atom is 0.271 e. The predicted octanol–water partition coefficient (Wildman–Crippen LogP) is 2.64. The number of amides is 2. The van der Waals surface area contributed by atoms with Gasteiger partial charge in [0.2, 0.25) is 5.91 Å². The van der Waals surface area contributed by atoms with Gasteiger partial charge in [-0.15, -0.1) is 0 Å². The first-order chi connectivity index (χ1) is 12.4. The van der Waals surface area contributed by atoms with Gasteiger partial charge < -0.3 is 15.4 Å². The van der Waals surface area contributed by atoms with Gasteiger partial charge in [0.15, 0.2) is 6.61 Å². The van der Waals surface area contributed by atoms with E-state index in [2.05, 4.69) is 10.6 Å². The number of nitro benzene ring substituents is 1. The molecule has 0 unspecified atom stereocenters. The number of anilines is 2. The Kier molecular flexibility index (Phi) is 4.78. The van der Waals surface area contributed by atoms with Crippen LogP contribution in [0.25, 0.3) is 0 Å². The third-order valence-corrected chi connectivity index (χ3v) is 3.78. The first kappa shape index (κ1) is 17.3. The van der Waals surface area contributed by atoms with Crippen LogP contribution >= 0.6 is 0 Å². The van der Waals surface area contributed by atoms with Gasteiger partial charge in [-0.1, -0.05) is 0 Å². The van der Waals surface area contributed by atoms with E-state index in [1.807, 2.05) is 0 Å². The second-order valence-electron chi connectivity index (χ2n) is 5.63. The van der Waals surface area contributed by atoms with Gasteiger partial charge in [-0.05, 0) is 36.2 Å². The topological polar surface area (TPSA) is 111 Å². The molecule has 0 aliphatic carbocycles. The molecule has 1 aliphatic heterocycles. The molecule has 0 radical (unpaired) electrons. The Balaban J connectivity index is 1.62. The van der Waals surface area contributed by atoms with Crippen LogP contribution in [0.5, 0.6) is 5.75 Å². The smallest absolute Gasteiger partial charge is 0.271 e. The number of ether oxygens (including phenoxy) is 1. The van der Waals surface area contributed by atoms with Crippen LogP contribution in [0.15, 0.2) is 36.4 Å². The largest absolute Gasteiger partial charge is 0.484 e. The first-order valence-corrected chi connectivity index (χ1v) is 7.72. The lowest BCUT2D eigenvalue weighted by atomic mass is 10.0. The fraction of sp³-hybridized carbons (Fsp3) is 0.176. The number of nitrogens with zero attached hydrogens (tertiary/aromatic N) is 1. The molecule has 8 nitrogen and oxygen atoms in total. The van der Waals surface area contributed by atoms with E-state index in [9.17, 15) is 24.1 Å². The van der Waals surface area contributed by atoms with Crippen molar-refractivity contribution in [3.63, 3.8) is 0 Å². The quantitative estimate of drug-likeness (QED) is 0.630. The molecule has 1 heterocycles. The highest BCUT2D eigenvalue weighted by Crippen LogP contribution is 2.27. The van der Waals surface area contributed by atoms with E-state index in [0.29, 0.717) is 24.3 Å². The van der Waals surface area contributed by atoms with E-state index in [0.717, 1.165) is 23.8 Å². The van der Waals surface area contributed by atoms with Gasteiger partial charge >= 0.3 is 0 Å². The van der Waals surface area contributed by atoms with E-state index in [-0.39, 0.29) is 17.3 Å². The summed E-state index contributed by atoms with van der Waals surface area (Å²) in [5.74, 6) is -1.07. The fourth-order valence-electron chi connectivity index (χ4n) is 2.51. The molecule has 0 fully saturated rings. The molecule has 0 atom stereocenters. The highest BCUT2D eigenvalue weighted by atomic mass is 19.1. The lowest BCUT2D eigenvalue weighted by Gasteiger charge is -2.17. The van der Waals surface area contributed by atoms with Gasteiger partial charge in [0.05, 0.1) is 10.6 Å². The molecule has 2 N–H and O–H groups in total. The standard InChI is InChI=1S/C17H14FN3O5/c18-13-4-2-11(21(24)25)8-15(13)20-17(23)9-26-12-3-5-14-10(7-12)1-6-16(22)19-14/h2-5,7-8H,1,6,9H2,(H,19,22)(H,20,23). The summed E-state index contributed by atoms with van der Waals surface area (Å²) in [5, 5.41) is 15.7. The van der Waals surface area contributed by atoms with Crippen molar-refractivity contribution < 1.29 is 23.6 Å². The minimum absolute atomic E-state index is 0.0514. The van der Waals surface area contributed by atoms with Crippen LogP contribution in [-0.2, 0) is 16.0 Å². The van der Waals surface area contributed by atoms with Crippen molar-refractivity contribution in [2.45, 2.75) is 12.8 Å². The first-order valence-electron chi connectivity index (χ1n) is 7.72. The van der Waals surface area contributed by atoms with E-state index >= 15 is 0 Å². The van der Waals surface area contributed by atoms with E-state index in [1.165, 1.54) is 0 Å². The predicted molar refractivity (Wildman–Crippen MR) is 90.6 cm³/mol. The lowest BCUT2D eigenvalue weighted by Crippen LogP contribution is -2.21. The van der Waals surface area contributed by atoms with Crippen LogP contribution in [0.4, 0.5) is 21.5 Å². The number of aryl methyl sites for hydroxylation is 1. The number of carbonyl (C=O) groups excluding carboxylic acids is 2. The maximum absolute atomic E-state index is 13.7. The molecule has 0 saturated heterocycles. The summed E-state index contributed by atoms with van der Waals surface area (Å²) in [6.45, 7) is -0.396. The molecule has 0 aromatic heterocycles. The van der Waals surface area contributed by atoms with Gasteiger partial charge in [0, 0.05) is 24.2 Å². The zero-order valence-electron chi connectivity index (χ0n) is 13.5. The fourth-order valence-corrected chi connectivity index (χ4v) is 2.51. The number of fused-ring (bicyclic) bond motifs is 1. The maximum atomic E-state index is 13.7. The monoisotopic (exact) mass is 359 g/mol. The molecule has 3 rings (SSSR count). The van der Waals surface area contributed by atoms with Crippen molar-refractivity contribution in [3.8, 4) is 5.75 Å². The summed E-state index contributed by atoms with van der Waals surface area (Å²) in [5.41, 5.74) is 0.976. The normalized spacial score (nSPS) is 12.7. The number of rotatable bonds is 5. The van der Waals surface area contributed by atoms with Crippen LogP contribution < -0.4 is 15.4 Å². The third kappa shape index (κ3) is 3.94. The second-order valence-corrected chi connectivity index (χ2v) is 5.63. The van der Waals surface area contributed by atoms with Crippen molar-refractivity contribution in [3.05, 3.63) is 57.9 Å². The molecular formula is C17H14FN3O5. The Labute approximate surface area is 147 Å². The molecule has 2 amide bonds. The van der Waals surface area contributed by atoms with Crippen molar-refractivity contribution in [1.82, 2.24) is 0 Å². The van der Waals surface area contributed by atoms with Crippen LogP contribution in [0.2, 0.25) is 0 Å². The van der Waals surface area contributed by atoms with Crippen molar-refractivity contribution in [2.24, 2.45) is 0 Å². The molecule has 2 aromatic carbocycles. The minimum atomic E-state index is -0.784. The molecule has 0 bridgehead atoms. The molecular weight excluding hydrogens is 345 g/mol. The lowest BCUT2D eigenvalue weighted by molar-refractivity contribution is -0.384. The van der Waals surface area contributed by atoms with Crippen LogP contribution in [0.1, 0.15) is 12.0 Å². The average molecular weight is 359 g/mol. The zero-order valence-corrected chi connectivity index (χ0v) is 13.5. The Hall–Kier alpha value is -3.49. The highest BCUT2D eigenvalue weighted by Gasteiger charge is 2.16. The summed E-state index contributed by atoms with van der Waals surface area (Å²) in [7, 11) is 0. The number of nitrogens with one attached hydrogen (secondary N) is 2. The molecule has 9 heteroatoms. The summed E-state index contributed by atoms with van der Waals surface area (Å²) < 4.78 is 19.0. The number of carbonyl (C=O) groups is 2. The highest BCUT2D eigenvalue weighted by molar-refractivity contribution is 5.94. The van der Waals surface area contributed by atoms with Crippen LogP contribution in [0.3, 0.4) is 0 Å². The molecule has 1 aliphatic rings. The van der Waals surface area contributed by atoms with Gasteiger partial charge in [0.25, 0.3) is 11.6 Å². The SMILES string of the molecule is O=C(COc1ccc2c(c1)CCC(=O)N2)Nc1cc([N+](=O)[O-])ccc1F. The molecule has 134 valence electrons. The number of hydrogen-bond acceptors (Lipinski definition) is 5. The number of nitro groups is 1. The zero-order chi connectivity index (χ0) is 18.7. The average Bonchev–Trinajstić information content (AvgIpc) is 2.61. The third-order valence-electron chi connectivity index (χ3n) is 3.78. The number of hydrogen-bond donors (Lipinski definition) is 2. The Morgan fingerprint density at radius 2 is 2.08 bits per heavy atom. The van der Waals surface area contributed by atoms with Gasteiger partial charge in [0.1, 0.15) is 11.6 Å². The van der Waals surface area contributed by atoms with Crippen molar-refractivity contribution >= 4 is 28.9 Å². The van der Waals surface area contributed by atoms with Crippen LogP contribution in [0, 0.1) is 15.9 Å². The van der Waals surface area contributed by atoms with Gasteiger partial charge in [-0.3, -0.25) is 19.7 Å². The summed E-state index contributed by atoms with van der Waals surface area (Å²) in [4.78, 5) is 33.3. The van der Waals surface area contributed by atoms with Gasteiger partial charge in [-0.25, -0.2) is 4.39 Å². The van der Waals surface area contributed by atoms with E-state index in [4.69, 9.17) is 4.74 Å². The Bertz CT molecular complexity index is 900. The molecule has 0 spiro atoms. The summed E-state index contributed by atoms with van der Waals surface area (Å²) in [6, 6.07) is 7.86. The number of non-ortho nitro benzene ring substituents is 1. The van der Waals surface area contributed by atoms with Gasteiger partial charge in [-0.2, -0.15) is 0 Å². The minimum Gasteiger partial charge on any atom is -0.484 e. The van der Waals surface area contributed by atoms with E-state index < -0.39 is 23.3 Å². The summed E-state index contributed by atoms with van der Waals surface area (Å²) in [6.07, 6.45) is 0.951. The Morgan fingerprint density at radius 1 is 1.27 bits per heavy atom. The summed E-state index contributed by atoms with van der Waals surface area (Å²) >= 11 is 0. The number of benzene rings is 2. The molecule has 0 saturated carbocycles. The van der Waals surface area contributed by atoms with E-state index in [1.54, 1.807) is 18.2 Å². The molecule has 2 aromatic rings. The molecule has 26 heavy (non-hydrogen) atoms. The van der Waals surface area contributed by atoms with Crippen LogP contribution in [-0.4, -0.2) is 23.3 Å². The second kappa shape index (κ2) is 7.18. The van der Waals surface area contributed by atoms with Crippen molar-refractivity contribution in [2.75, 3.05) is 17.2 Å².